The van der Waals surface area contributed by atoms with Crippen LogP contribution in [-0.4, -0.2) is 39.3 Å². The predicted octanol–water partition coefficient (Wildman–Crippen LogP) is 1.24. The summed E-state index contributed by atoms with van der Waals surface area (Å²) in [6.45, 7) is 4.23. The molecule has 0 unspecified atom stereocenters. The maximum Gasteiger partial charge on any atom is 0.304 e. The zero-order valence-electron chi connectivity index (χ0n) is 12.0. The summed E-state index contributed by atoms with van der Waals surface area (Å²) in [5, 5.41) is 8.52. The summed E-state index contributed by atoms with van der Waals surface area (Å²) in [7, 11) is -3.78. The zero-order chi connectivity index (χ0) is 15.9. The lowest BCUT2D eigenvalue weighted by molar-refractivity contribution is -0.136. The van der Waals surface area contributed by atoms with E-state index in [9.17, 15) is 13.2 Å². The minimum Gasteiger partial charge on any atom is -0.490 e. The minimum absolute atomic E-state index is 0.000193. The van der Waals surface area contributed by atoms with Crippen molar-refractivity contribution in [3.63, 3.8) is 0 Å². The highest BCUT2D eigenvalue weighted by Gasteiger charge is 2.17. The summed E-state index contributed by atoms with van der Waals surface area (Å²) >= 11 is 0. The minimum atomic E-state index is -3.78. The van der Waals surface area contributed by atoms with Crippen molar-refractivity contribution in [2.45, 2.75) is 25.2 Å². The average molecular weight is 317 g/mol. The van der Waals surface area contributed by atoms with E-state index in [4.69, 9.17) is 14.6 Å². The number of nitrogens with one attached hydrogen (secondary N) is 1. The number of aliphatic carboxylic acids is 1. The fraction of sp³-hybridized carbons (Fsp3) is 0.462. The molecule has 118 valence electrons. The smallest absolute Gasteiger partial charge is 0.304 e. The Bertz CT molecular complexity index is 584. The fourth-order valence-corrected chi connectivity index (χ4v) is 2.62. The van der Waals surface area contributed by atoms with Crippen LogP contribution in [0.4, 0.5) is 0 Å². The van der Waals surface area contributed by atoms with Gasteiger partial charge in [0, 0.05) is 12.6 Å². The Labute approximate surface area is 123 Å². The van der Waals surface area contributed by atoms with Gasteiger partial charge in [-0.3, -0.25) is 4.79 Å². The molecule has 21 heavy (non-hydrogen) atoms. The Kier molecular flexibility index (Phi) is 6.44. The largest absolute Gasteiger partial charge is 0.490 e. The van der Waals surface area contributed by atoms with Gasteiger partial charge in [-0.05, 0) is 26.0 Å². The molecule has 0 amide bonds. The van der Waals surface area contributed by atoms with Crippen molar-refractivity contribution < 1.29 is 27.8 Å². The molecule has 0 aliphatic rings. The highest BCUT2D eigenvalue weighted by Crippen LogP contribution is 2.30. The lowest BCUT2D eigenvalue weighted by atomic mass is 10.3. The van der Waals surface area contributed by atoms with Crippen LogP contribution in [0.1, 0.15) is 20.3 Å². The summed E-state index contributed by atoms with van der Waals surface area (Å²) in [6.07, 6.45) is -0.283. The number of benzene rings is 1. The molecule has 0 saturated carbocycles. The van der Waals surface area contributed by atoms with Crippen LogP contribution in [0.15, 0.2) is 23.1 Å². The Morgan fingerprint density at radius 2 is 1.81 bits per heavy atom. The van der Waals surface area contributed by atoms with Gasteiger partial charge in [0.1, 0.15) is 0 Å². The lowest BCUT2D eigenvalue weighted by Crippen LogP contribution is -2.26. The Hall–Kier alpha value is -1.80. The van der Waals surface area contributed by atoms with E-state index in [-0.39, 0.29) is 17.9 Å². The van der Waals surface area contributed by atoms with E-state index in [0.29, 0.717) is 24.7 Å². The quantitative estimate of drug-likeness (QED) is 0.710. The molecule has 0 heterocycles. The van der Waals surface area contributed by atoms with Crippen molar-refractivity contribution in [3.05, 3.63) is 18.2 Å². The summed E-state index contributed by atoms with van der Waals surface area (Å²) in [4.78, 5) is 10.4. The molecule has 0 bridgehead atoms. The number of ether oxygens (including phenoxy) is 2. The normalized spacial score (nSPS) is 11.1. The van der Waals surface area contributed by atoms with Gasteiger partial charge in [-0.25, -0.2) is 13.1 Å². The van der Waals surface area contributed by atoms with E-state index in [1.165, 1.54) is 18.2 Å². The second-order valence-corrected chi connectivity index (χ2v) is 5.78. The second kappa shape index (κ2) is 7.84. The molecule has 0 aromatic heterocycles. The van der Waals surface area contributed by atoms with Crippen LogP contribution in [0.5, 0.6) is 11.5 Å². The number of hydrogen-bond acceptors (Lipinski definition) is 5. The SMILES string of the molecule is CCOc1ccc(S(=O)(=O)NCCC(=O)O)cc1OCC. The molecular formula is C13H19NO6S. The summed E-state index contributed by atoms with van der Waals surface area (Å²) < 4.78 is 37.0. The standard InChI is InChI=1S/C13H19NO6S/c1-3-19-11-6-5-10(9-12(11)20-4-2)21(17,18)14-8-7-13(15)16/h5-6,9,14H,3-4,7-8H2,1-2H3,(H,15,16). The van der Waals surface area contributed by atoms with Crippen LogP contribution in [0.3, 0.4) is 0 Å². The van der Waals surface area contributed by atoms with Gasteiger partial charge in [-0.15, -0.1) is 0 Å². The first-order valence-corrected chi connectivity index (χ1v) is 8.00. The van der Waals surface area contributed by atoms with E-state index in [2.05, 4.69) is 4.72 Å². The van der Waals surface area contributed by atoms with Gasteiger partial charge in [-0.2, -0.15) is 0 Å². The maximum absolute atomic E-state index is 12.0. The van der Waals surface area contributed by atoms with E-state index < -0.39 is 16.0 Å². The van der Waals surface area contributed by atoms with Gasteiger partial charge in [-0.1, -0.05) is 0 Å². The molecule has 0 atom stereocenters. The van der Waals surface area contributed by atoms with E-state index in [1.807, 2.05) is 6.92 Å². The molecule has 1 rings (SSSR count). The maximum atomic E-state index is 12.0. The predicted molar refractivity (Wildman–Crippen MR) is 76.2 cm³/mol. The molecule has 0 fully saturated rings. The topological polar surface area (TPSA) is 102 Å². The molecule has 2 N–H and O–H groups in total. The third-order valence-electron chi connectivity index (χ3n) is 2.46. The number of rotatable bonds is 9. The van der Waals surface area contributed by atoms with Gasteiger partial charge in [0.2, 0.25) is 10.0 Å². The molecule has 0 spiro atoms. The van der Waals surface area contributed by atoms with E-state index in [0.717, 1.165) is 0 Å². The van der Waals surface area contributed by atoms with Crippen LogP contribution < -0.4 is 14.2 Å². The highest BCUT2D eigenvalue weighted by molar-refractivity contribution is 7.89. The summed E-state index contributed by atoms with van der Waals surface area (Å²) in [5.74, 6) is -0.274. The number of sulfonamides is 1. The van der Waals surface area contributed by atoms with Crippen molar-refractivity contribution in [1.29, 1.82) is 0 Å². The lowest BCUT2D eigenvalue weighted by Gasteiger charge is -2.13. The molecule has 8 heteroatoms. The molecular weight excluding hydrogens is 298 g/mol. The van der Waals surface area contributed by atoms with Crippen molar-refractivity contribution >= 4 is 16.0 Å². The van der Waals surface area contributed by atoms with Crippen molar-refractivity contribution in [2.24, 2.45) is 0 Å². The van der Waals surface area contributed by atoms with Gasteiger partial charge in [0.25, 0.3) is 0 Å². The fourth-order valence-electron chi connectivity index (χ4n) is 1.57. The van der Waals surface area contributed by atoms with Crippen molar-refractivity contribution in [1.82, 2.24) is 4.72 Å². The summed E-state index contributed by atoms with van der Waals surface area (Å²) in [5.41, 5.74) is 0. The van der Waals surface area contributed by atoms with Gasteiger partial charge in [0.15, 0.2) is 11.5 Å². The van der Waals surface area contributed by atoms with E-state index in [1.54, 1.807) is 6.92 Å². The highest BCUT2D eigenvalue weighted by atomic mass is 32.2. The Morgan fingerprint density at radius 1 is 1.19 bits per heavy atom. The molecule has 0 aliphatic heterocycles. The van der Waals surface area contributed by atoms with Gasteiger partial charge in [0.05, 0.1) is 24.5 Å². The zero-order valence-corrected chi connectivity index (χ0v) is 12.8. The van der Waals surface area contributed by atoms with Crippen LogP contribution in [0.25, 0.3) is 0 Å². The number of carboxylic acids is 1. The van der Waals surface area contributed by atoms with Gasteiger partial charge < -0.3 is 14.6 Å². The third kappa shape index (κ3) is 5.24. The monoisotopic (exact) mass is 317 g/mol. The summed E-state index contributed by atoms with van der Waals surface area (Å²) in [6, 6.07) is 4.26. The molecule has 1 aromatic rings. The van der Waals surface area contributed by atoms with Crippen LogP contribution in [-0.2, 0) is 14.8 Å². The van der Waals surface area contributed by atoms with Crippen LogP contribution >= 0.6 is 0 Å². The first kappa shape index (κ1) is 17.3. The number of hydrogen-bond donors (Lipinski definition) is 2. The Balaban J connectivity index is 2.95. The second-order valence-electron chi connectivity index (χ2n) is 4.02. The third-order valence-corrected chi connectivity index (χ3v) is 3.91. The molecule has 0 saturated heterocycles. The van der Waals surface area contributed by atoms with Crippen molar-refractivity contribution in [2.75, 3.05) is 19.8 Å². The van der Waals surface area contributed by atoms with Crippen LogP contribution in [0.2, 0.25) is 0 Å². The first-order chi connectivity index (χ1) is 9.90. The number of carbonyl (C=O) groups is 1. The Morgan fingerprint density at radius 3 is 2.38 bits per heavy atom. The molecule has 0 radical (unpaired) electrons. The van der Waals surface area contributed by atoms with Crippen molar-refractivity contribution in [3.8, 4) is 11.5 Å². The average Bonchev–Trinajstić information content (AvgIpc) is 2.40. The van der Waals surface area contributed by atoms with Gasteiger partial charge >= 0.3 is 5.97 Å². The first-order valence-electron chi connectivity index (χ1n) is 6.51. The number of carboxylic acid groups (broad SMARTS) is 1. The molecule has 7 nitrogen and oxygen atoms in total. The van der Waals surface area contributed by atoms with E-state index >= 15 is 0 Å². The molecule has 0 aliphatic carbocycles. The molecule has 1 aromatic carbocycles. The van der Waals surface area contributed by atoms with Crippen LogP contribution in [0, 0.1) is 0 Å².